The van der Waals surface area contributed by atoms with Crippen LogP contribution in [0.1, 0.15) is 43.5 Å². The molecule has 1 saturated heterocycles. The number of likely N-dealkylation sites (tertiary alicyclic amines) is 1. The Morgan fingerprint density at radius 3 is 3.00 bits per heavy atom. The van der Waals surface area contributed by atoms with Crippen molar-refractivity contribution in [1.82, 2.24) is 25.1 Å². The van der Waals surface area contributed by atoms with Crippen LogP contribution in [0.15, 0.2) is 30.6 Å². The molecule has 0 spiro atoms. The minimum Gasteiger partial charge on any atom is -0.301 e. The molecule has 122 valence electrons. The van der Waals surface area contributed by atoms with E-state index in [0.29, 0.717) is 18.4 Å². The van der Waals surface area contributed by atoms with E-state index in [4.69, 9.17) is 0 Å². The second kappa shape index (κ2) is 7.00. The van der Waals surface area contributed by atoms with E-state index in [1.54, 1.807) is 4.68 Å². The van der Waals surface area contributed by atoms with Crippen molar-refractivity contribution in [2.75, 3.05) is 13.1 Å². The number of hydrogen-bond donors (Lipinski definition) is 0. The number of piperidine rings is 1. The number of ketones is 1. The Morgan fingerprint density at radius 1 is 1.39 bits per heavy atom. The molecule has 0 unspecified atom stereocenters. The van der Waals surface area contributed by atoms with Crippen molar-refractivity contribution in [1.29, 1.82) is 0 Å². The van der Waals surface area contributed by atoms with Crippen LogP contribution in [0.4, 0.5) is 0 Å². The Labute approximate surface area is 136 Å². The predicted octanol–water partition coefficient (Wildman–Crippen LogP) is 2.36. The normalized spacial score (nSPS) is 19.2. The number of carbonyl (C=O) groups is 1. The van der Waals surface area contributed by atoms with Gasteiger partial charge in [-0.1, -0.05) is 12.1 Å². The molecule has 0 N–H and O–H groups in total. The lowest BCUT2D eigenvalue weighted by atomic mass is 9.90. The van der Waals surface area contributed by atoms with Crippen molar-refractivity contribution in [3.63, 3.8) is 0 Å². The fraction of sp³-hybridized carbons (Fsp3) is 0.529. The zero-order valence-electron chi connectivity index (χ0n) is 13.7. The number of tetrazole rings is 1. The molecule has 2 aromatic rings. The van der Waals surface area contributed by atoms with Gasteiger partial charge in [-0.25, -0.2) is 4.68 Å². The van der Waals surface area contributed by atoms with Crippen LogP contribution < -0.4 is 0 Å². The second-order valence-corrected chi connectivity index (χ2v) is 6.53. The molecule has 3 rings (SSSR count). The van der Waals surface area contributed by atoms with Crippen LogP contribution in [0.5, 0.6) is 0 Å². The van der Waals surface area contributed by atoms with Crippen LogP contribution in [0.2, 0.25) is 0 Å². The Kier molecular flexibility index (Phi) is 4.81. The highest BCUT2D eigenvalue weighted by Gasteiger charge is 2.24. The first-order chi connectivity index (χ1) is 11.1. The molecule has 2 heterocycles. The van der Waals surface area contributed by atoms with Gasteiger partial charge in [-0.15, -0.1) is 5.10 Å². The SMILES string of the molecule is CC(C)N1CCC[C@@H](CC(=O)c2cccc(-n3cnnn3)c2)C1. The van der Waals surface area contributed by atoms with E-state index >= 15 is 0 Å². The third kappa shape index (κ3) is 3.82. The van der Waals surface area contributed by atoms with Crippen molar-refractivity contribution < 1.29 is 4.79 Å². The van der Waals surface area contributed by atoms with Gasteiger partial charge in [-0.05, 0) is 61.7 Å². The summed E-state index contributed by atoms with van der Waals surface area (Å²) in [4.78, 5) is 15.1. The van der Waals surface area contributed by atoms with Gasteiger partial charge in [0.2, 0.25) is 0 Å². The number of aromatic nitrogens is 4. The molecule has 1 aliphatic heterocycles. The minimum atomic E-state index is 0.204. The molecule has 0 saturated carbocycles. The summed E-state index contributed by atoms with van der Waals surface area (Å²) in [6, 6.07) is 8.07. The molecule has 0 aliphatic carbocycles. The van der Waals surface area contributed by atoms with E-state index in [-0.39, 0.29) is 5.78 Å². The summed E-state index contributed by atoms with van der Waals surface area (Å²) in [5.41, 5.74) is 1.55. The molecular formula is C17H23N5O. The van der Waals surface area contributed by atoms with Gasteiger partial charge in [0.1, 0.15) is 6.33 Å². The topological polar surface area (TPSA) is 63.9 Å². The molecule has 0 radical (unpaired) electrons. The third-order valence-corrected chi connectivity index (χ3v) is 4.54. The van der Waals surface area contributed by atoms with Gasteiger partial charge in [0.25, 0.3) is 0 Å². The summed E-state index contributed by atoms with van der Waals surface area (Å²) in [6.07, 6.45) is 4.47. The summed E-state index contributed by atoms with van der Waals surface area (Å²) in [6.45, 7) is 6.62. The van der Waals surface area contributed by atoms with E-state index in [0.717, 1.165) is 30.8 Å². The molecule has 1 fully saturated rings. The maximum atomic E-state index is 12.6. The van der Waals surface area contributed by atoms with E-state index in [2.05, 4.69) is 34.3 Å². The smallest absolute Gasteiger partial charge is 0.163 e. The van der Waals surface area contributed by atoms with Crippen LogP contribution in [-0.2, 0) is 0 Å². The van der Waals surface area contributed by atoms with Crippen molar-refractivity contribution in [3.8, 4) is 5.69 Å². The van der Waals surface area contributed by atoms with E-state index < -0.39 is 0 Å². The summed E-state index contributed by atoms with van der Waals surface area (Å²) in [5.74, 6) is 0.658. The highest BCUT2D eigenvalue weighted by Crippen LogP contribution is 2.23. The first kappa shape index (κ1) is 15.8. The molecule has 0 bridgehead atoms. The van der Waals surface area contributed by atoms with Gasteiger partial charge >= 0.3 is 0 Å². The van der Waals surface area contributed by atoms with Gasteiger partial charge in [0, 0.05) is 24.6 Å². The number of nitrogens with zero attached hydrogens (tertiary/aromatic N) is 5. The third-order valence-electron chi connectivity index (χ3n) is 4.54. The Bertz CT molecular complexity index is 653. The fourth-order valence-corrected chi connectivity index (χ4v) is 3.21. The average molecular weight is 313 g/mol. The molecule has 0 amide bonds. The monoisotopic (exact) mass is 313 g/mol. The predicted molar refractivity (Wildman–Crippen MR) is 87.5 cm³/mol. The van der Waals surface area contributed by atoms with Crippen molar-refractivity contribution >= 4 is 5.78 Å². The molecule has 1 atom stereocenters. The maximum Gasteiger partial charge on any atom is 0.163 e. The summed E-state index contributed by atoms with van der Waals surface area (Å²) >= 11 is 0. The van der Waals surface area contributed by atoms with E-state index in [1.165, 1.54) is 12.7 Å². The lowest BCUT2D eigenvalue weighted by Gasteiger charge is -2.35. The molecule has 1 aromatic carbocycles. The lowest BCUT2D eigenvalue weighted by molar-refractivity contribution is 0.0890. The molecule has 1 aliphatic rings. The Balaban J connectivity index is 1.68. The fourth-order valence-electron chi connectivity index (χ4n) is 3.21. The van der Waals surface area contributed by atoms with Gasteiger partial charge in [0.15, 0.2) is 5.78 Å². The average Bonchev–Trinajstić information content (AvgIpc) is 3.10. The molecular weight excluding hydrogens is 290 g/mol. The number of rotatable bonds is 5. The number of benzene rings is 1. The zero-order chi connectivity index (χ0) is 16.2. The first-order valence-electron chi connectivity index (χ1n) is 8.24. The van der Waals surface area contributed by atoms with Gasteiger partial charge in [0.05, 0.1) is 5.69 Å². The minimum absolute atomic E-state index is 0.204. The number of Topliss-reactive ketones (excluding diaryl/α,β-unsaturated/α-hetero) is 1. The van der Waals surface area contributed by atoms with Crippen molar-refractivity contribution in [2.45, 2.75) is 39.2 Å². The first-order valence-corrected chi connectivity index (χ1v) is 8.24. The molecule has 23 heavy (non-hydrogen) atoms. The number of hydrogen-bond acceptors (Lipinski definition) is 5. The van der Waals surface area contributed by atoms with Crippen LogP contribution >= 0.6 is 0 Å². The Hall–Kier alpha value is -2.08. The standard InChI is InChI=1S/C17H23N5O/c1-13(2)21-8-4-5-14(11-21)9-17(23)15-6-3-7-16(10-15)22-12-18-19-20-22/h3,6-7,10,12-14H,4-5,8-9,11H2,1-2H3/t14-/m0/s1. The quantitative estimate of drug-likeness (QED) is 0.793. The Morgan fingerprint density at radius 2 is 2.26 bits per heavy atom. The summed E-state index contributed by atoms with van der Waals surface area (Å²) in [7, 11) is 0. The summed E-state index contributed by atoms with van der Waals surface area (Å²) in [5, 5.41) is 11.1. The highest BCUT2D eigenvalue weighted by atomic mass is 16.1. The van der Waals surface area contributed by atoms with E-state index in [1.807, 2.05) is 24.3 Å². The second-order valence-electron chi connectivity index (χ2n) is 6.53. The number of carbonyl (C=O) groups excluding carboxylic acids is 1. The van der Waals surface area contributed by atoms with E-state index in [9.17, 15) is 4.79 Å². The van der Waals surface area contributed by atoms with Crippen LogP contribution in [-0.4, -0.2) is 50.0 Å². The molecule has 6 heteroatoms. The van der Waals surface area contributed by atoms with Crippen molar-refractivity contribution in [2.24, 2.45) is 5.92 Å². The van der Waals surface area contributed by atoms with Crippen LogP contribution in [0, 0.1) is 5.92 Å². The highest BCUT2D eigenvalue weighted by molar-refractivity contribution is 5.96. The van der Waals surface area contributed by atoms with Gasteiger partial charge < -0.3 is 4.90 Å². The molecule has 6 nitrogen and oxygen atoms in total. The van der Waals surface area contributed by atoms with Crippen LogP contribution in [0.3, 0.4) is 0 Å². The van der Waals surface area contributed by atoms with Crippen molar-refractivity contribution in [3.05, 3.63) is 36.2 Å². The largest absolute Gasteiger partial charge is 0.301 e. The zero-order valence-corrected chi connectivity index (χ0v) is 13.7. The summed E-state index contributed by atoms with van der Waals surface area (Å²) < 4.78 is 1.57. The van der Waals surface area contributed by atoms with Crippen LogP contribution in [0.25, 0.3) is 5.69 Å². The molecule has 1 aromatic heterocycles. The lowest BCUT2D eigenvalue weighted by Crippen LogP contribution is -2.40. The van der Waals surface area contributed by atoms with Gasteiger partial charge in [-0.2, -0.15) is 0 Å². The maximum absolute atomic E-state index is 12.6. The van der Waals surface area contributed by atoms with Gasteiger partial charge in [-0.3, -0.25) is 4.79 Å².